The molecule has 1 aliphatic rings. The van der Waals surface area contributed by atoms with E-state index in [1.54, 1.807) is 0 Å². The number of piperidine rings is 1. The highest BCUT2D eigenvalue weighted by atomic mass is 32.2. The largest absolute Gasteiger partial charge is 0.490 e. The topological polar surface area (TPSA) is 141 Å². The molecule has 0 aliphatic carbocycles. The van der Waals surface area contributed by atoms with Crippen LogP contribution in [0.4, 0.5) is 11.4 Å². The molecule has 0 spiro atoms. The summed E-state index contributed by atoms with van der Waals surface area (Å²) in [4.78, 5) is 23.8. The van der Waals surface area contributed by atoms with Crippen LogP contribution in [0.3, 0.4) is 0 Å². The molecule has 0 unspecified atom stereocenters. The minimum atomic E-state index is -3.86. The van der Waals surface area contributed by atoms with Crippen LogP contribution in [-0.4, -0.2) is 49.9 Å². The zero-order valence-corrected chi connectivity index (χ0v) is 20.1. The second-order valence-electron chi connectivity index (χ2n) is 7.81. The Morgan fingerprint density at radius 2 is 1.71 bits per heavy atom. The summed E-state index contributed by atoms with van der Waals surface area (Å²) in [6, 6.07) is 4.96. The van der Waals surface area contributed by atoms with Crippen LogP contribution in [0.2, 0.25) is 0 Å². The monoisotopic (exact) mass is 495 g/mol. The van der Waals surface area contributed by atoms with E-state index in [2.05, 4.69) is 5.32 Å². The van der Waals surface area contributed by atoms with Crippen molar-refractivity contribution in [3.8, 4) is 11.5 Å². The molecule has 1 saturated heterocycles. The van der Waals surface area contributed by atoms with E-state index in [0.29, 0.717) is 39.1 Å². The SMILES string of the molecule is CCCOc1cc(NC(=O)c2ccc(S(=O)(=O)N3CCCCC3)o2)c([N+](=O)[O-])cc1OCCC. The Morgan fingerprint density at radius 3 is 2.29 bits per heavy atom. The first kappa shape index (κ1) is 25.5. The number of sulfonamides is 1. The van der Waals surface area contributed by atoms with Gasteiger partial charge in [0, 0.05) is 19.2 Å². The van der Waals surface area contributed by atoms with Crippen molar-refractivity contribution in [1.29, 1.82) is 0 Å². The zero-order valence-electron chi connectivity index (χ0n) is 19.2. The number of benzene rings is 1. The molecule has 2 aromatic rings. The van der Waals surface area contributed by atoms with Crippen molar-refractivity contribution in [2.24, 2.45) is 0 Å². The number of nitrogens with one attached hydrogen (secondary N) is 1. The first-order chi connectivity index (χ1) is 16.3. The molecule has 186 valence electrons. The van der Waals surface area contributed by atoms with Gasteiger partial charge in [-0.15, -0.1) is 0 Å². The number of nitrogens with zero attached hydrogens (tertiary/aromatic N) is 2. The smallest absolute Gasteiger partial charge is 0.296 e. The predicted octanol–water partition coefficient (Wildman–Crippen LogP) is 4.19. The van der Waals surface area contributed by atoms with Crippen LogP contribution in [0.25, 0.3) is 0 Å². The summed E-state index contributed by atoms with van der Waals surface area (Å²) in [7, 11) is -3.86. The number of carbonyl (C=O) groups excluding carboxylic acids is 1. The maximum atomic E-state index is 12.8. The second-order valence-corrected chi connectivity index (χ2v) is 9.68. The average Bonchev–Trinajstić information content (AvgIpc) is 3.34. The standard InChI is InChI=1S/C22H29N3O8S/c1-3-12-31-19-14-16(17(25(27)28)15-20(19)32-13-4-2)23-22(26)18-8-9-21(33-18)34(29,30)24-10-6-5-7-11-24/h8-9,14-15H,3-7,10-13H2,1-2H3,(H,23,26). The number of anilines is 1. The zero-order chi connectivity index (χ0) is 24.7. The predicted molar refractivity (Wildman–Crippen MR) is 124 cm³/mol. The maximum Gasteiger partial charge on any atom is 0.296 e. The molecular weight excluding hydrogens is 466 g/mol. The van der Waals surface area contributed by atoms with Crippen LogP contribution in [0.5, 0.6) is 11.5 Å². The second kappa shape index (κ2) is 11.3. The Bertz CT molecular complexity index is 1120. The van der Waals surface area contributed by atoms with E-state index in [1.165, 1.54) is 28.6 Å². The van der Waals surface area contributed by atoms with Crippen molar-refractivity contribution in [1.82, 2.24) is 4.31 Å². The first-order valence-corrected chi connectivity index (χ1v) is 12.7. The molecule has 0 bridgehead atoms. The van der Waals surface area contributed by atoms with E-state index in [1.807, 2.05) is 13.8 Å². The molecule has 12 heteroatoms. The summed E-state index contributed by atoms with van der Waals surface area (Å²) < 4.78 is 43.5. The highest BCUT2D eigenvalue weighted by molar-refractivity contribution is 7.89. The van der Waals surface area contributed by atoms with Gasteiger partial charge in [0.15, 0.2) is 17.3 Å². The quantitative estimate of drug-likeness (QED) is 0.361. The molecule has 1 aliphatic heterocycles. The molecule has 1 aromatic carbocycles. The van der Waals surface area contributed by atoms with E-state index >= 15 is 0 Å². The van der Waals surface area contributed by atoms with Gasteiger partial charge >= 0.3 is 0 Å². The van der Waals surface area contributed by atoms with Crippen LogP contribution in [0, 0.1) is 10.1 Å². The van der Waals surface area contributed by atoms with Crippen molar-refractivity contribution in [2.75, 3.05) is 31.6 Å². The number of carbonyl (C=O) groups is 1. The Balaban J connectivity index is 1.86. The molecular formula is C22H29N3O8S. The molecule has 0 saturated carbocycles. The molecule has 1 fully saturated rings. The number of nitro groups is 1. The summed E-state index contributed by atoms with van der Waals surface area (Å²) in [5, 5.41) is 13.7. The number of amides is 1. The summed E-state index contributed by atoms with van der Waals surface area (Å²) in [6.45, 7) is 5.29. The van der Waals surface area contributed by atoms with E-state index in [0.717, 1.165) is 19.3 Å². The lowest BCUT2D eigenvalue weighted by Gasteiger charge is -2.24. The van der Waals surface area contributed by atoms with E-state index in [9.17, 15) is 23.3 Å². The first-order valence-electron chi connectivity index (χ1n) is 11.3. The lowest BCUT2D eigenvalue weighted by molar-refractivity contribution is -0.384. The van der Waals surface area contributed by atoms with Gasteiger partial charge in [0.2, 0.25) is 5.09 Å². The van der Waals surface area contributed by atoms with Crippen molar-refractivity contribution < 1.29 is 32.0 Å². The number of furan rings is 1. The Labute approximate surface area is 198 Å². The van der Waals surface area contributed by atoms with Crippen LogP contribution in [0.15, 0.2) is 33.8 Å². The third kappa shape index (κ3) is 5.86. The van der Waals surface area contributed by atoms with E-state index < -0.39 is 26.5 Å². The van der Waals surface area contributed by atoms with Gasteiger partial charge in [0.1, 0.15) is 5.69 Å². The highest BCUT2D eigenvalue weighted by Gasteiger charge is 2.30. The normalized spacial score (nSPS) is 14.5. The Kier molecular flexibility index (Phi) is 8.51. The van der Waals surface area contributed by atoms with Gasteiger partial charge in [0.05, 0.1) is 24.2 Å². The number of rotatable bonds is 11. The van der Waals surface area contributed by atoms with E-state index in [-0.39, 0.29) is 28.0 Å². The number of nitro benzene ring substituents is 1. The molecule has 1 amide bonds. The molecule has 3 rings (SSSR count). The fraction of sp³-hybridized carbons (Fsp3) is 0.500. The molecule has 11 nitrogen and oxygen atoms in total. The lowest BCUT2D eigenvalue weighted by Crippen LogP contribution is -2.35. The molecule has 1 N–H and O–H groups in total. The molecule has 1 aromatic heterocycles. The number of ether oxygens (including phenoxy) is 2. The van der Waals surface area contributed by atoms with Crippen molar-refractivity contribution in [3.63, 3.8) is 0 Å². The summed E-state index contributed by atoms with van der Waals surface area (Å²) >= 11 is 0. The third-order valence-corrected chi connectivity index (χ3v) is 6.92. The fourth-order valence-electron chi connectivity index (χ4n) is 3.45. The van der Waals surface area contributed by atoms with Gasteiger partial charge < -0.3 is 19.2 Å². The maximum absolute atomic E-state index is 12.8. The van der Waals surface area contributed by atoms with Crippen LogP contribution in [-0.2, 0) is 10.0 Å². The summed E-state index contributed by atoms with van der Waals surface area (Å²) in [5.74, 6) is -0.656. The van der Waals surface area contributed by atoms with Gasteiger partial charge in [-0.25, -0.2) is 8.42 Å². The van der Waals surface area contributed by atoms with Crippen molar-refractivity contribution in [3.05, 3.63) is 40.1 Å². The molecule has 34 heavy (non-hydrogen) atoms. The van der Waals surface area contributed by atoms with Gasteiger partial charge in [0.25, 0.3) is 21.6 Å². The van der Waals surface area contributed by atoms with Gasteiger partial charge in [-0.3, -0.25) is 14.9 Å². The Morgan fingerprint density at radius 1 is 1.09 bits per heavy atom. The lowest BCUT2D eigenvalue weighted by atomic mass is 10.2. The average molecular weight is 496 g/mol. The van der Waals surface area contributed by atoms with Gasteiger partial charge in [-0.05, 0) is 37.8 Å². The van der Waals surface area contributed by atoms with Gasteiger partial charge in [-0.1, -0.05) is 20.3 Å². The van der Waals surface area contributed by atoms with Crippen LogP contribution >= 0.6 is 0 Å². The van der Waals surface area contributed by atoms with Crippen LogP contribution in [0.1, 0.15) is 56.5 Å². The summed E-state index contributed by atoms with van der Waals surface area (Å²) in [5.41, 5.74) is -0.516. The Hall–Kier alpha value is -3.12. The van der Waals surface area contributed by atoms with Crippen molar-refractivity contribution >= 4 is 27.3 Å². The fourth-order valence-corrected chi connectivity index (χ4v) is 4.88. The molecule has 0 atom stereocenters. The minimum Gasteiger partial charge on any atom is -0.490 e. The highest BCUT2D eigenvalue weighted by Crippen LogP contribution is 2.38. The summed E-state index contributed by atoms with van der Waals surface area (Å²) in [6.07, 6.45) is 3.88. The minimum absolute atomic E-state index is 0.123. The van der Waals surface area contributed by atoms with Crippen LogP contribution < -0.4 is 14.8 Å². The molecule has 2 heterocycles. The van der Waals surface area contributed by atoms with Crippen molar-refractivity contribution in [2.45, 2.75) is 51.0 Å². The third-order valence-electron chi connectivity index (χ3n) is 5.14. The molecule has 0 radical (unpaired) electrons. The van der Waals surface area contributed by atoms with E-state index in [4.69, 9.17) is 13.9 Å². The number of hydrogen-bond acceptors (Lipinski definition) is 8. The number of hydrogen-bond donors (Lipinski definition) is 1. The van der Waals surface area contributed by atoms with Gasteiger partial charge in [-0.2, -0.15) is 4.31 Å².